The van der Waals surface area contributed by atoms with Gasteiger partial charge in [0.1, 0.15) is 11.0 Å². The van der Waals surface area contributed by atoms with Crippen LogP contribution in [0.25, 0.3) is 75.4 Å². The van der Waals surface area contributed by atoms with Crippen molar-refractivity contribution in [2.75, 3.05) is 0 Å². The van der Waals surface area contributed by atoms with Gasteiger partial charge in [-0.25, -0.2) is 0 Å². The highest BCUT2D eigenvalue weighted by molar-refractivity contribution is 8.00. The van der Waals surface area contributed by atoms with E-state index in [9.17, 15) is 0 Å². The molecule has 5 aromatic heterocycles. The Balaban J connectivity index is 1.31. The molecule has 6 heterocycles. The van der Waals surface area contributed by atoms with Gasteiger partial charge in [0, 0.05) is 55.1 Å². The number of aromatic nitrogens is 4. The zero-order chi connectivity index (χ0) is 29.9. The lowest BCUT2D eigenvalue weighted by atomic mass is 9.90. The van der Waals surface area contributed by atoms with Crippen LogP contribution in [-0.4, -0.2) is 24.4 Å². The quantitative estimate of drug-likeness (QED) is 0.192. The van der Waals surface area contributed by atoms with Crippen LogP contribution in [0.4, 0.5) is 0 Å². The second kappa shape index (κ2) is 9.19. The highest BCUT2D eigenvalue weighted by atomic mass is 32.2. The van der Waals surface area contributed by atoms with Crippen LogP contribution >= 0.6 is 23.1 Å². The largest absolute Gasteiger partial charge is 0.307 e. The highest BCUT2D eigenvalue weighted by Crippen LogP contribution is 2.53. The van der Waals surface area contributed by atoms with Crippen molar-refractivity contribution in [1.82, 2.24) is 19.1 Å². The predicted octanol–water partition coefficient (Wildman–Crippen LogP) is 10.7. The van der Waals surface area contributed by atoms with Gasteiger partial charge in [-0.15, -0.1) is 23.1 Å². The lowest BCUT2D eigenvalue weighted by molar-refractivity contribution is 0.863. The van der Waals surface area contributed by atoms with Gasteiger partial charge >= 0.3 is 0 Å². The molecule has 2 aliphatic rings. The van der Waals surface area contributed by atoms with Gasteiger partial charge in [0.15, 0.2) is 0 Å². The van der Waals surface area contributed by atoms with E-state index in [1.54, 1.807) is 0 Å². The van der Waals surface area contributed by atoms with Crippen molar-refractivity contribution in [1.29, 1.82) is 0 Å². The highest BCUT2D eigenvalue weighted by Gasteiger charge is 2.37. The third-order valence-corrected chi connectivity index (χ3v) is 12.4. The average Bonchev–Trinajstić information content (AvgIpc) is 3.86. The Kier molecular flexibility index (Phi) is 5.01. The van der Waals surface area contributed by atoms with E-state index in [-0.39, 0.29) is 5.25 Å². The zero-order valence-corrected chi connectivity index (χ0v) is 26.1. The van der Waals surface area contributed by atoms with Gasteiger partial charge in [-0.1, -0.05) is 78.9 Å². The van der Waals surface area contributed by atoms with Gasteiger partial charge in [0.2, 0.25) is 0 Å². The maximum atomic E-state index is 5.19. The van der Waals surface area contributed by atoms with Crippen LogP contribution in [0.3, 0.4) is 0 Å². The Bertz CT molecular complexity index is 2810. The van der Waals surface area contributed by atoms with E-state index in [1.165, 1.54) is 58.4 Å². The maximum Gasteiger partial charge on any atom is 0.117 e. The van der Waals surface area contributed by atoms with E-state index in [2.05, 4.69) is 137 Å². The van der Waals surface area contributed by atoms with Gasteiger partial charge in [0.25, 0.3) is 0 Å². The molecule has 4 nitrogen and oxygen atoms in total. The summed E-state index contributed by atoms with van der Waals surface area (Å²) >= 11 is 3.84. The smallest absolute Gasteiger partial charge is 0.117 e. The van der Waals surface area contributed by atoms with Gasteiger partial charge in [-0.3, -0.25) is 9.97 Å². The molecular weight excluding hydrogens is 601 g/mol. The first-order chi connectivity index (χ1) is 22.8. The van der Waals surface area contributed by atoms with Crippen molar-refractivity contribution in [2.24, 2.45) is 0 Å². The maximum absolute atomic E-state index is 5.19. The van der Waals surface area contributed by atoms with E-state index >= 15 is 0 Å². The fraction of sp³-hybridized carbons (Fsp3) is 0.0500. The predicted molar refractivity (Wildman–Crippen MR) is 195 cm³/mol. The van der Waals surface area contributed by atoms with Crippen molar-refractivity contribution in [2.45, 2.75) is 16.1 Å². The molecule has 46 heavy (non-hydrogen) atoms. The van der Waals surface area contributed by atoms with Gasteiger partial charge < -0.3 is 9.13 Å². The molecule has 0 radical (unpaired) electrons. The number of para-hydroxylation sites is 1. The number of pyridine rings is 2. The summed E-state index contributed by atoms with van der Waals surface area (Å²) in [5.41, 5.74) is 10.3. The van der Waals surface area contributed by atoms with Crippen LogP contribution in [0, 0.1) is 0 Å². The number of thiophene rings is 1. The summed E-state index contributed by atoms with van der Waals surface area (Å²) in [6.07, 6.45) is 10.9. The minimum atomic E-state index is 0.250. The number of rotatable bonds is 2. The zero-order valence-electron chi connectivity index (χ0n) is 24.5. The normalized spacial score (nSPS) is 17.5. The second-order valence-corrected chi connectivity index (χ2v) is 14.3. The van der Waals surface area contributed by atoms with Crippen molar-refractivity contribution in [3.8, 4) is 5.69 Å². The van der Waals surface area contributed by atoms with Crippen LogP contribution in [0.15, 0.2) is 139 Å². The van der Waals surface area contributed by atoms with E-state index in [1.807, 2.05) is 29.3 Å². The van der Waals surface area contributed by atoms with E-state index < -0.39 is 0 Å². The molecule has 4 aromatic carbocycles. The molecular formula is C40H24N4S2. The first-order valence-electron chi connectivity index (χ1n) is 15.6. The Morgan fingerprint density at radius 1 is 0.630 bits per heavy atom. The van der Waals surface area contributed by atoms with Crippen molar-refractivity contribution < 1.29 is 0 Å². The minimum absolute atomic E-state index is 0.250. The lowest BCUT2D eigenvalue weighted by Crippen LogP contribution is -2.17. The molecule has 1 aliphatic heterocycles. The number of hydrogen-bond donors (Lipinski definition) is 0. The molecule has 2 atom stereocenters. The molecule has 216 valence electrons. The summed E-state index contributed by atoms with van der Waals surface area (Å²) in [7, 11) is 0. The Hall–Kier alpha value is -5.17. The Labute approximate surface area is 271 Å². The monoisotopic (exact) mass is 624 g/mol. The Morgan fingerprint density at radius 2 is 1.46 bits per heavy atom. The number of benzene rings is 4. The lowest BCUT2D eigenvalue weighted by Gasteiger charge is -2.25. The van der Waals surface area contributed by atoms with Gasteiger partial charge in [-0.2, -0.15) is 0 Å². The number of hydrogen-bond acceptors (Lipinski definition) is 4. The average molecular weight is 625 g/mol. The summed E-state index contributed by atoms with van der Waals surface area (Å²) < 4.78 is 7.57. The van der Waals surface area contributed by atoms with E-state index in [0.29, 0.717) is 5.92 Å². The fourth-order valence-corrected chi connectivity index (χ4v) is 10.5. The molecule has 11 rings (SSSR count). The fourth-order valence-electron chi connectivity index (χ4n) is 7.88. The molecule has 1 aliphatic carbocycles. The number of fused-ring (bicyclic) bond motifs is 13. The summed E-state index contributed by atoms with van der Waals surface area (Å²) in [4.78, 5) is 11.5. The summed E-state index contributed by atoms with van der Waals surface area (Å²) in [5, 5.41) is 5.20. The number of nitrogens with zero attached hydrogens (tertiary/aromatic N) is 4. The first-order valence-corrected chi connectivity index (χ1v) is 17.3. The molecule has 0 fully saturated rings. The third-order valence-electron chi connectivity index (χ3n) is 9.78. The van der Waals surface area contributed by atoms with Crippen LogP contribution in [0.5, 0.6) is 0 Å². The van der Waals surface area contributed by atoms with Crippen molar-refractivity contribution >= 4 is 92.8 Å². The molecule has 2 unspecified atom stereocenters. The standard InChI is InChI=1S/C40H24N4S2/c1-4-15-29-23(10-1)28-22-42-36-35-30(18-9-21-41-35)44(32-17-8-14-27-25-12-3-6-20-34(25)46-40(27)32)38(36)37(28)43(29)31-16-7-13-26-24-11-2-5-19-33(24)45-39(26)31/h1-22,27,40H. The van der Waals surface area contributed by atoms with Crippen LogP contribution in [0.1, 0.15) is 11.5 Å². The summed E-state index contributed by atoms with van der Waals surface area (Å²) in [6, 6.07) is 37.4. The second-order valence-electron chi connectivity index (χ2n) is 12.1. The molecule has 0 bridgehead atoms. The molecule has 9 aromatic rings. The van der Waals surface area contributed by atoms with Gasteiger partial charge in [-0.05, 0) is 48.0 Å². The van der Waals surface area contributed by atoms with E-state index in [0.717, 1.165) is 27.5 Å². The third kappa shape index (κ3) is 3.20. The molecule has 6 heteroatoms. The van der Waals surface area contributed by atoms with Crippen LogP contribution < -0.4 is 0 Å². The van der Waals surface area contributed by atoms with E-state index in [4.69, 9.17) is 9.97 Å². The Morgan fingerprint density at radius 3 is 2.43 bits per heavy atom. The SMILES string of the molecule is C1=CC2c3ccccc3SC2C(n2c3cccnc3c3ncc4c5ccccc5n(-c5cccc6c5sc5ccccc56)c4c32)=C1. The van der Waals surface area contributed by atoms with Gasteiger partial charge in [0.05, 0.1) is 37.7 Å². The molecule has 0 spiro atoms. The van der Waals surface area contributed by atoms with Crippen LogP contribution in [0.2, 0.25) is 0 Å². The summed E-state index contributed by atoms with van der Waals surface area (Å²) in [6.45, 7) is 0. The first kappa shape index (κ1) is 25.1. The molecule has 0 amide bonds. The van der Waals surface area contributed by atoms with Crippen molar-refractivity contribution in [3.05, 3.63) is 139 Å². The van der Waals surface area contributed by atoms with Crippen LogP contribution in [-0.2, 0) is 0 Å². The molecule has 0 saturated heterocycles. The molecule has 0 saturated carbocycles. The summed E-state index contributed by atoms with van der Waals surface area (Å²) in [5.74, 6) is 0.315. The number of thioether (sulfide) groups is 1. The minimum Gasteiger partial charge on any atom is -0.307 e. The molecule has 0 N–H and O–H groups in total. The number of allylic oxidation sites excluding steroid dienone is 3. The van der Waals surface area contributed by atoms with Crippen molar-refractivity contribution in [3.63, 3.8) is 0 Å². The topological polar surface area (TPSA) is 35.6 Å².